The summed E-state index contributed by atoms with van der Waals surface area (Å²) in [6, 6.07) is 20.3. The van der Waals surface area contributed by atoms with E-state index in [9.17, 15) is 9.59 Å². The number of hydrogen-bond acceptors (Lipinski definition) is 6. The lowest BCUT2D eigenvalue weighted by atomic mass is 9.86. The third kappa shape index (κ3) is 3.44. The molecule has 2 N–H and O–H groups in total. The van der Waals surface area contributed by atoms with Crippen LogP contribution in [0, 0.1) is 0 Å². The number of ether oxygens (including phenoxy) is 2. The van der Waals surface area contributed by atoms with Gasteiger partial charge in [-0.25, -0.2) is 0 Å². The van der Waals surface area contributed by atoms with Gasteiger partial charge >= 0.3 is 0 Å². The van der Waals surface area contributed by atoms with Crippen LogP contribution >= 0.6 is 0 Å². The minimum atomic E-state index is -0.327. The van der Waals surface area contributed by atoms with Crippen molar-refractivity contribution < 1.29 is 19.1 Å². The van der Waals surface area contributed by atoms with Gasteiger partial charge in [0.05, 0.1) is 17.4 Å². The number of carbonyl (C=O) groups excluding carboxylic acids is 2. The van der Waals surface area contributed by atoms with Crippen molar-refractivity contribution in [3.05, 3.63) is 94.7 Å². The molecule has 6 heteroatoms. The third-order valence-electron chi connectivity index (χ3n) is 6.38. The normalized spacial score (nSPS) is 18.5. The average Bonchev–Trinajstić information content (AvgIpc) is 3.25. The van der Waals surface area contributed by atoms with E-state index in [1.54, 1.807) is 0 Å². The van der Waals surface area contributed by atoms with Crippen molar-refractivity contribution in [3.8, 4) is 11.5 Å². The summed E-state index contributed by atoms with van der Waals surface area (Å²) in [5.74, 6) is 1.48. The van der Waals surface area contributed by atoms with E-state index in [0.29, 0.717) is 29.0 Å². The maximum atomic E-state index is 13.1. The molecule has 33 heavy (non-hydrogen) atoms. The summed E-state index contributed by atoms with van der Waals surface area (Å²) in [4.78, 5) is 26.1. The van der Waals surface area contributed by atoms with Gasteiger partial charge in [0.1, 0.15) is 0 Å². The molecule has 1 atom stereocenters. The fourth-order valence-corrected chi connectivity index (χ4v) is 4.73. The highest BCUT2D eigenvalue weighted by molar-refractivity contribution is 6.10. The summed E-state index contributed by atoms with van der Waals surface area (Å²) < 4.78 is 11.0. The second kappa shape index (κ2) is 7.81. The molecule has 6 rings (SSSR count). The van der Waals surface area contributed by atoms with Crippen LogP contribution < -0.4 is 20.1 Å². The van der Waals surface area contributed by atoms with Gasteiger partial charge in [0.25, 0.3) is 0 Å². The Hall–Kier alpha value is -4.06. The van der Waals surface area contributed by atoms with Crippen LogP contribution in [0.3, 0.4) is 0 Å². The summed E-state index contributed by atoms with van der Waals surface area (Å²) in [6.07, 6.45) is 2.11. The number of fused-ring (bicyclic) bond motifs is 2. The Morgan fingerprint density at radius 2 is 1.70 bits per heavy atom. The van der Waals surface area contributed by atoms with Gasteiger partial charge in [-0.3, -0.25) is 9.59 Å². The SMILES string of the molecule is O=C1CCCC2=C1[C@H](c1ccc3c(c1)OCO3)Nc1ccc(C(=O)c3ccccc3)cc1N2. The summed E-state index contributed by atoms with van der Waals surface area (Å²) in [5, 5.41) is 7.03. The summed E-state index contributed by atoms with van der Waals surface area (Å²) in [5.41, 5.74) is 5.45. The first-order valence-electron chi connectivity index (χ1n) is 11.1. The molecule has 164 valence electrons. The van der Waals surface area contributed by atoms with E-state index >= 15 is 0 Å². The van der Waals surface area contributed by atoms with Crippen LogP contribution in [0.5, 0.6) is 11.5 Å². The highest BCUT2D eigenvalue weighted by Crippen LogP contribution is 2.43. The van der Waals surface area contributed by atoms with E-state index in [0.717, 1.165) is 41.1 Å². The average molecular weight is 438 g/mol. The Labute approximate surface area is 191 Å². The van der Waals surface area contributed by atoms with Crippen molar-refractivity contribution in [1.82, 2.24) is 0 Å². The molecule has 0 spiro atoms. The number of allylic oxidation sites excluding steroid dienone is 1. The number of anilines is 2. The zero-order valence-corrected chi connectivity index (χ0v) is 17.9. The maximum Gasteiger partial charge on any atom is 0.231 e. The zero-order valence-electron chi connectivity index (χ0n) is 17.9. The molecule has 6 nitrogen and oxygen atoms in total. The van der Waals surface area contributed by atoms with Crippen molar-refractivity contribution in [3.63, 3.8) is 0 Å². The molecule has 0 saturated carbocycles. The maximum absolute atomic E-state index is 13.1. The van der Waals surface area contributed by atoms with Crippen molar-refractivity contribution >= 4 is 22.9 Å². The molecule has 0 fully saturated rings. The van der Waals surface area contributed by atoms with Crippen molar-refractivity contribution in [2.45, 2.75) is 25.3 Å². The fraction of sp³-hybridized carbons (Fsp3) is 0.185. The quantitative estimate of drug-likeness (QED) is 0.545. The Morgan fingerprint density at radius 1 is 0.848 bits per heavy atom. The monoisotopic (exact) mass is 438 g/mol. The number of hydrogen-bond donors (Lipinski definition) is 2. The first-order chi connectivity index (χ1) is 16.2. The standard InChI is InChI=1S/C27H22N2O4/c30-22-8-4-7-20-25(22)26(17-10-12-23-24(14-17)33-15-32-23)29-19-11-9-18(13-21(19)28-20)27(31)16-5-2-1-3-6-16/h1-3,5-6,9-14,26,28-29H,4,7-8,15H2/t26-/m0/s1. The van der Waals surface area contributed by atoms with Gasteiger partial charge in [-0.15, -0.1) is 0 Å². The summed E-state index contributed by atoms with van der Waals surface area (Å²) in [6.45, 7) is 0.201. The highest BCUT2D eigenvalue weighted by atomic mass is 16.7. The predicted octanol–water partition coefficient (Wildman–Crippen LogP) is 5.23. The van der Waals surface area contributed by atoms with Gasteiger partial charge in [0, 0.05) is 28.8 Å². The lowest BCUT2D eigenvalue weighted by Gasteiger charge is -2.25. The second-order valence-electron chi connectivity index (χ2n) is 8.44. The van der Waals surface area contributed by atoms with E-state index in [1.807, 2.05) is 66.7 Å². The number of Topliss-reactive ketones (excluding diaryl/α,β-unsaturated/α-hetero) is 1. The fourth-order valence-electron chi connectivity index (χ4n) is 4.73. The first-order valence-corrected chi connectivity index (χ1v) is 11.1. The highest BCUT2D eigenvalue weighted by Gasteiger charge is 2.33. The number of rotatable bonds is 3. The van der Waals surface area contributed by atoms with Gasteiger partial charge in [-0.1, -0.05) is 36.4 Å². The smallest absolute Gasteiger partial charge is 0.231 e. The predicted molar refractivity (Wildman–Crippen MR) is 125 cm³/mol. The molecular formula is C27H22N2O4. The van der Waals surface area contributed by atoms with Gasteiger partial charge < -0.3 is 20.1 Å². The van der Waals surface area contributed by atoms with Crippen LogP contribution in [0.4, 0.5) is 11.4 Å². The Morgan fingerprint density at radius 3 is 2.58 bits per heavy atom. The zero-order chi connectivity index (χ0) is 22.4. The molecule has 0 aromatic heterocycles. The summed E-state index contributed by atoms with van der Waals surface area (Å²) >= 11 is 0. The molecular weight excluding hydrogens is 416 g/mol. The molecule has 2 aliphatic heterocycles. The largest absolute Gasteiger partial charge is 0.454 e. The topological polar surface area (TPSA) is 76.7 Å². The van der Waals surface area contributed by atoms with Gasteiger partial charge in [0.15, 0.2) is 23.1 Å². The summed E-state index contributed by atoms with van der Waals surface area (Å²) in [7, 11) is 0. The first kappa shape index (κ1) is 19.6. The molecule has 0 saturated heterocycles. The Kier molecular flexibility index (Phi) is 4.64. The minimum Gasteiger partial charge on any atom is -0.454 e. The van der Waals surface area contributed by atoms with Crippen LogP contribution in [0.15, 0.2) is 78.0 Å². The second-order valence-corrected chi connectivity index (χ2v) is 8.44. The van der Waals surface area contributed by atoms with E-state index in [-0.39, 0.29) is 24.4 Å². The minimum absolute atomic E-state index is 0.0364. The van der Waals surface area contributed by atoms with E-state index < -0.39 is 0 Å². The van der Waals surface area contributed by atoms with Crippen LogP contribution in [-0.2, 0) is 4.79 Å². The van der Waals surface area contributed by atoms with E-state index in [1.165, 1.54) is 0 Å². The molecule has 0 amide bonds. The molecule has 2 heterocycles. The molecule has 0 radical (unpaired) electrons. The third-order valence-corrected chi connectivity index (χ3v) is 6.38. The number of ketones is 2. The van der Waals surface area contributed by atoms with Crippen LogP contribution in [0.25, 0.3) is 0 Å². The molecule has 3 aromatic rings. The lowest BCUT2D eigenvalue weighted by Crippen LogP contribution is -2.23. The van der Waals surface area contributed by atoms with Gasteiger partial charge in [-0.05, 0) is 48.7 Å². The van der Waals surface area contributed by atoms with Crippen LogP contribution in [-0.4, -0.2) is 18.4 Å². The number of benzene rings is 3. The Bertz CT molecular complexity index is 1310. The molecule has 1 aliphatic carbocycles. The van der Waals surface area contributed by atoms with E-state index in [2.05, 4.69) is 10.6 Å². The van der Waals surface area contributed by atoms with Crippen molar-refractivity contribution in [2.24, 2.45) is 0 Å². The van der Waals surface area contributed by atoms with Gasteiger partial charge in [-0.2, -0.15) is 0 Å². The van der Waals surface area contributed by atoms with Crippen LogP contribution in [0.1, 0.15) is 46.8 Å². The van der Waals surface area contributed by atoms with Gasteiger partial charge in [0.2, 0.25) is 6.79 Å². The molecule has 3 aromatic carbocycles. The van der Waals surface area contributed by atoms with Crippen molar-refractivity contribution in [1.29, 1.82) is 0 Å². The Balaban J connectivity index is 1.42. The number of nitrogens with one attached hydrogen (secondary N) is 2. The lowest BCUT2D eigenvalue weighted by molar-refractivity contribution is -0.116. The molecule has 0 bridgehead atoms. The van der Waals surface area contributed by atoms with Crippen molar-refractivity contribution in [2.75, 3.05) is 17.4 Å². The van der Waals surface area contributed by atoms with Crippen LogP contribution in [0.2, 0.25) is 0 Å². The molecule has 0 unspecified atom stereocenters. The van der Waals surface area contributed by atoms with E-state index in [4.69, 9.17) is 9.47 Å². The molecule has 3 aliphatic rings. The number of carbonyl (C=O) groups is 2.